The standard InChI is InChI=1S/C18H12O3/c1-20-14-8-4-6-12-11(14)9-10-16-17(12)18(19)13-5-2-3-7-15(13)21-16/h2-10H,1H3. The second-order valence-corrected chi connectivity index (χ2v) is 4.92. The molecule has 1 heterocycles. The molecule has 3 heteroatoms. The summed E-state index contributed by atoms with van der Waals surface area (Å²) in [5.74, 6) is 0.752. The van der Waals surface area contributed by atoms with Crippen LogP contribution in [0.1, 0.15) is 0 Å². The van der Waals surface area contributed by atoms with Crippen molar-refractivity contribution in [3.05, 3.63) is 64.8 Å². The zero-order chi connectivity index (χ0) is 14.4. The van der Waals surface area contributed by atoms with E-state index in [1.807, 2.05) is 48.5 Å². The average Bonchev–Trinajstić information content (AvgIpc) is 2.54. The van der Waals surface area contributed by atoms with Crippen molar-refractivity contribution in [3.63, 3.8) is 0 Å². The van der Waals surface area contributed by atoms with Gasteiger partial charge in [0, 0.05) is 10.8 Å². The van der Waals surface area contributed by atoms with Crippen molar-refractivity contribution in [2.45, 2.75) is 0 Å². The summed E-state index contributed by atoms with van der Waals surface area (Å²) in [5.41, 5.74) is 1.20. The van der Waals surface area contributed by atoms with Crippen LogP contribution < -0.4 is 10.2 Å². The van der Waals surface area contributed by atoms with Crippen LogP contribution in [0.25, 0.3) is 32.7 Å². The Morgan fingerprint density at radius 3 is 2.48 bits per heavy atom. The minimum absolute atomic E-state index is 0.00861. The minimum Gasteiger partial charge on any atom is -0.496 e. The highest BCUT2D eigenvalue weighted by molar-refractivity contribution is 6.09. The summed E-state index contributed by atoms with van der Waals surface area (Å²) in [5, 5.41) is 2.96. The predicted octanol–water partition coefficient (Wildman–Crippen LogP) is 4.11. The Hall–Kier alpha value is -2.81. The van der Waals surface area contributed by atoms with Crippen molar-refractivity contribution in [1.82, 2.24) is 0 Å². The maximum Gasteiger partial charge on any atom is 0.201 e. The molecule has 0 aliphatic heterocycles. The SMILES string of the molecule is COc1cccc2c1ccc1oc3ccccc3c(=O)c12. The van der Waals surface area contributed by atoms with Gasteiger partial charge in [-0.25, -0.2) is 0 Å². The average molecular weight is 276 g/mol. The van der Waals surface area contributed by atoms with E-state index in [-0.39, 0.29) is 5.43 Å². The Morgan fingerprint density at radius 2 is 1.62 bits per heavy atom. The van der Waals surface area contributed by atoms with Crippen LogP contribution in [0.2, 0.25) is 0 Å². The zero-order valence-electron chi connectivity index (χ0n) is 11.4. The van der Waals surface area contributed by atoms with Crippen LogP contribution in [-0.2, 0) is 0 Å². The second kappa shape index (κ2) is 4.35. The van der Waals surface area contributed by atoms with Gasteiger partial charge in [0.05, 0.1) is 17.9 Å². The van der Waals surface area contributed by atoms with Crippen LogP contribution in [0.5, 0.6) is 5.75 Å². The molecular weight excluding hydrogens is 264 g/mol. The number of fused-ring (bicyclic) bond motifs is 4. The number of methoxy groups -OCH3 is 1. The van der Waals surface area contributed by atoms with Crippen molar-refractivity contribution in [2.75, 3.05) is 7.11 Å². The monoisotopic (exact) mass is 276 g/mol. The fraction of sp³-hybridized carbons (Fsp3) is 0.0556. The van der Waals surface area contributed by atoms with Gasteiger partial charge in [-0.15, -0.1) is 0 Å². The number of rotatable bonds is 1. The second-order valence-electron chi connectivity index (χ2n) is 4.92. The molecule has 0 saturated carbocycles. The number of ether oxygens (including phenoxy) is 1. The fourth-order valence-corrected chi connectivity index (χ4v) is 2.80. The smallest absolute Gasteiger partial charge is 0.201 e. The number of hydrogen-bond donors (Lipinski definition) is 0. The van der Waals surface area contributed by atoms with E-state index in [1.165, 1.54) is 0 Å². The summed E-state index contributed by atoms with van der Waals surface area (Å²) in [6, 6.07) is 16.8. The summed E-state index contributed by atoms with van der Waals surface area (Å²) in [7, 11) is 1.63. The fourth-order valence-electron chi connectivity index (χ4n) is 2.80. The van der Waals surface area contributed by atoms with Crippen molar-refractivity contribution >= 4 is 32.7 Å². The third-order valence-electron chi connectivity index (χ3n) is 3.78. The van der Waals surface area contributed by atoms with Gasteiger partial charge >= 0.3 is 0 Å². The molecule has 0 atom stereocenters. The number of benzene rings is 3. The Labute approximate surface area is 120 Å². The zero-order valence-corrected chi connectivity index (χ0v) is 11.4. The van der Waals surface area contributed by atoms with Gasteiger partial charge in [-0.3, -0.25) is 4.79 Å². The Bertz CT molecular complexity index is 1040. The Balaban J connectivity index is 2.30. The van der Waals surface area contributed by atoms with E-state index in [1.54, 1.807) is 13.2 Å². The van der Waals surface area contributed by atoms with E-state index in [0.29, 0.717) is 21.9 Å². The molecule has 0 amide bonds. The normalized spacial score (nSPS) is 11.3. The molecule has 0 spiro atoms. The van der Waals surface area contributed by atoms with Gasteiger partial charge < -0.3 is 9.15 Å². The molecular formula is C18H12O3. The molecule has 0 aliphatic rings. The van der Waals surface area contributed by atoms with E-state index >= 15 is 0 Å². The van der Waals surface area contributed by atoms with Crippen LogP contribution in [0.3, 0.4) is 0 Å². The topological polar surface area (TPSA) is 39.4 Å². The third kappa shape index (κ3) is 1.64. The molecule has 102 valence electrons. The summed E-state index contributed by atoms with van der Waals surface area (Å²) in [6.45, 7) is 0. The van der Waals surface area contributed by atoms with Crippen molar-refractivity contribution < 1.29 is 9.15 Å². The molecule has 0 aliphatic carbocycles. The lowest BCUT2D eigenvalue weighted by Crippen LogP contribution is -2.02. The van der Waals surface area contributed by atoms with E-state index in [2.05, 4.69) is 0 Å². The lowest BCUT2D eigenvalue weighted by atomic mass is 10.0. The largest absolute Gasteiger partial charge is 0.496 e. The van der Waals surface area contributed by atoms with Gasteiger partial charge in [-0.1, -0.05) is 24.3 Å². The molecule has 3 aromatic carbocycles. The molecule has 21 heavy (non-hydrogen) atoms. The Morgan fingerprint density at radius 1 is 0.810 bits per heavy atom. The highest BCUT2D eigenvalue weighted by Crippen LogP contribution is 2.31. The van der Waals surface area contributed by atoms with Crippen molar-refractivity contribution in [3.8, 4) is 5.75 Å². The van der Waals surface area contributed by atoms with Gasteiger partial charge in [0.25, 0.3) is 0 Å². The lowest BCUT2D eigenvalue weighted by molar-refractivity contribution is 0.420. The molecule has 0 saturated heterocycles. The summed E-state index contributed by atoms with van der Waals surface area (Å²) in [4.78, 5) is 12.8. The Kier molecular flexibility index (Phi) is 2.48. The van der Waals surface area contributed by atoms with E-state index in [9.17, 15) is 4.79 Å². The highest BCUT2D eigenvalue weighted by atomic mass is 16.5. The molecule has 0 fully saturated rings. The van der Waals surface area contributed by atoms with Gasteiger partial charge in [0.15, 0.2) is 0 Å². The summed E-state index contributed by atoms with van der Waals surface area (Å²) >= 11 is 0. The predicted molar refractivity (Wildman–Crippen MR) is 84.0 cm³/mol. The summed E-state index contributed by atoms with van der Waals surface area (Å²) < 4.78 is 11.2. The maximum atomic E-state index is 12.8. The van der Waals surface area contributed by atoms with Crippen LogP contribution in [0.4, 0.5) is 0 Å². The lowest BCUT2D eigenvalue weighted by Gasteiger charge is -2.08. The highest BCUT2D eigenvalue weighted by Gasteiger charge is 2.12. The van der Waals surface area contributed by atoms with Crippen molar-refractivity contribution in [1.29, 1.82) is 0 Å². The van der Waals surface area contributed by atoms with E-state index < -0.39 is 0 Å². The molecule has 4 rings (SSSR count). The number of hydrogen-bond acceptors (Lipinski definition) is 3. The molecule has 3 nitrogen and oxygen atoms in total. The van der Waals surface area contributed by atoms with Gasteiger partial charge in [0.1, 0.15) is 16.9 Å². The van der Waals surface area contributed by atoms with Crippen molar-refractivity contribution in [2.24, 2.45) is 0 Å². The van der Waals surface area contributed by atoms with Gasteiger partial charge in [-0.2, -0.15) is 0 Å². The summed E-state index contributed by atoms with van der Waals surface area (Å²) in [6.07, 6.45) is 0. The molecule has 0 bridgehead atoms. The minimum atomic E-state index is -0.00861. The van der Waals surface area contributed by atoms with Gasteiger partial charge in [0.2, 0.25) is 5.43 Å². The van der Waals surface area contributed by atoms with E-state index in [0.717, 1.165) is 16.5 Å². The first kappa shape index (κ1) is 12.0. The van der Waals surface area contributed by atoms with Crippen LogP contribution in [-0.4, -0.2) is 7.11 Å². The van der Waals surface area contributed by atoms with E-state index in [4.69, 9.17) is 9.15 Å². The first-order valence-corrected chi connectivity index (χ1v) is 6.71. The third-order valence-corrected chi connectivity index (χ3v) is 3.78. The van der Waals surface area contributed by atoms with Gasteiger partial charge in [-0.05, 0) is 30.3 Å². The van der Waals surface area contributed by atoms with Crippen LogP contribution in [0, 0.1) is 0 Å². The molecule has 4 aromatic rings. The molecule has 0 unspecified atom stereocenters. The first-order valence-electron chi connectivity index (χ1n) is 6.71. The quantitative estimate of drug-likeness (QED) is 0.388. The van der Waals surface area contributed by atoms with Crippen LogP contribution >= 0.6 is 0 Å². The molecule has 0 N–H and O–H groups in total. The molecule has 1 aromatic heterocycles. The molecule has 0 radical (unpaired) electrons. The maximum absolute atomic E-state index is 12.8. The number of para-hydroxylation sites is 1. The van der Waals surface area contributed by atoms with Crippen LogP contribution in [0.15, 0.2) is 63.8 Å². The first-order chi connectivity index (χ1) is 10.3.